The largest absolute Gasteiger partial charge is 0.497 e. The highest BCUT2D eigenvalue weighted by Gasteiger charge is 2.47. The fourth-order valence-corrected chi connectivity index (χ4v) is 5.62. The normalized spacial score (nSPS) is 18.3. The number of carbonyl (C=O) groups is 2. The predicted octanol–water partition coefficient (Wildman–Crippen LogP) is 5.04. The number of methoxy groups -OCH3 is 1. The van der Waals surface area contributed by atoms with Crippen molar-refractivity contribution in [1.82, 2.24) is 15.1 Å². The molecule has 0 saturated carbocycles. The number of likely N-dealkylation sites (tertiary alicyclic amines) is 2. The summed E-state index contributed by atoms with van der Waals surface area (Å²) >= 11 is 6.43. The van der Waals surface area contributed by atoms with Crippen molar-refractivity contribution in [3.63, 3.8) is 0 Å². The Balaban J connectivity index is 1.31. The summed E-state index contributed by atoms with van der Waals surface area (Å²) in [6.45, 7) is 6.11. The number of nitrogens with one attached hydrogen (secondary N) is 1. The van der Waals surface area contributed by atoms with Gasteiger partial charge in [0.25, 0.3) is 0 Å². The minimum absolute atomic E-state index is 0.235. The molecule has 4 rings (SSSR count). The molecular formula is C28H36ClN3O4. The molecule has 8 heteroatoms. The first-order valence-corrected chi connectivity index (χ1v) is 13.1. The van der Waals surface area contributed by atoms with Crippen LogP contribution in [-0.2, 0) is 16.1 Å². The molecule has 1 atom stereocenters. The minimum atomic E-state index is -0.437. The maximum atomic E-state index is 13.4. The fraction of sp³-hybridized carbons (Fsp3) is 0.500. The highest BCUT2D eigenvalue weighted by Crippen LogP contribution is 2.42. The van der Waals surface area contributed by atoms with Gasteiger partial charge < -0.3 is 24.6 Å². The summed E-state index contributed by atoms with van der Waals surface area (Å²) < 4.78 is 10.3. The van der Waals surface area contributed by atoms with Gasteiger partial charge in [0.15, 0.2) is 0 Å². The van der Waals surface area contributed by atoms with Crippen LogP contribution in [-0.4, -0.2) is 61.7 Å². The summed E-state index contributed by atoms with van der Waals surface area (Å²) in [6.07, 6.45) is 2.93. The zero-order valence-corrected chi connectivity index (χ0v) is 21.9. The number of ether oxygens (including phenoxy) is 2. The molecule has 0 radical (unpaired) electrons. The molecule has 1 N–H and O–H groups in total. The maximum absolute atomic E-state index is 13.4. The number of halogens is 1. The van der Waals surface area contributed by atoms with Crippen LogP contribution in [0.1, 0.15) is 49.8 Å². The minimum Gasteiger partial charge on any atom is -0.497 e. The molecule has 1 unspecified atom stereocenters. The summed E-state index contributed by atoms with van der Waals surface area (Å²) in [5.41, 5.74) is 1.77. The van der Waals surface area contributed by atoms with E-state index in [-0.39, 0.29) is 17.4 Å². The molecule has 0 bridgehead atoms. The van der Waals surface area contributed by atoms with E-state index in [9.17, 15) is 9.59 Å². The highest BCUT2D eigenvalue weighted by atomic mass is 35.5. The molecule has 2 aliphatic rings. The number of rotatable bonds is 9. The van der Waals surface area contributed by atoms with Gasteiger partial charge in [-0.2, -0.15) is 0 Å². The molecule has 7 nitrogen and oxygen atoms in total. The van der Waals surface area contributed by atoms with Gasteiger partial charge in [0.2, 0.25) is 5.91 Å². The summed E-state index contributed by atoms with van der Waals surface area (Å²) in [6, 6.07) is 15.3. The van der Waals surface area contributed by atoms with Gasteiger partial charge in [-0.1, -0.05) is 41.9 Å². The van der Waals surface area contributed by atoms with Crippen molar-refractivity contribution in [3.05, 3.63) is 64.7 Å². The third-order valence-corrected chi connectivity index (χ3v) is 7.87. The van der Waals surface area contributed by atoms with Crippen LogP contribution < -0.4 is 10.1 Å². The average molecular weight is 514 g/mol. The molecule has 36 heavy (non-hydrogen) atoms. The Hall–Kier alpha value is -2.77. The predicted molar refractivity (Wildman–Crippen MR) is 140 cm³/mol. The zero-order valence-electron chi connectivity index (χ0n) is 21.2. The molecule has 2 heterocycles. The van der Waals surface area contributed by atoms with Crippen molar-refractivity contribution in [2.45, 2.75) is 45.2 Å². The molecular weight excluding hydrogens is 478 g/mol. The molecule has 2 aromatic carbocycles. The number of carbonyl (C=O) groups excluding carboxylic acids is 2. The number of benzene rings is 2. The summed E-state index contributed by atoms with van der Waals surface area (Å²) in [5, 5.41) is 3.60. The van der Waals surface area contributed by atoms with E-state index >= 15 is 0 Å². The van der Waals surface area contributed by atoms with Crippen LogP contribution >= 0.6 is 11.6 Å². The number of hydrogen-bond donors (Lipinski definition) is 1. The molecule has 2 saturated heterocycles. The second-order valence-electron chi connectivity index (χ2n) is 9.67. The third-order valence-electron chi connectivity index (χ3n) is 7.53. The summed E-state index contributed by atoms with van der Waals surface area (Å²) in [7, 11) is 1.66. The second kappa shape index (κ2) is 12.0. The van der Waals surface area contributed by atoms with Crippen molar-refractivity contribution in [2.75, 3.05) is 39.9 Å². The van der Waals surface area contributed by atoms with Gasteiger partial charge in [0, 0.05) is 24.7 Å². The highest BCUT2D eigenvalue weighted by molar-refractivity contribution is 6.31. The molecule has 0 aliphatic carbocycles. The molecule has 2 amide bonds. The zero-order chi connectivity index (χ0) is 25.5. The number of nitrogens with zero attached hydrogens (tertiary/aromatic N) is 2. The van der Waals surface area contributed by atoms with Gasteiger partial charge in [-0.3, -0.25) is 4.79 Å². The first kappa shape index (κ1) is 26.3. The van der Waals surface area contributed by atoms with E-state index in [1.807, 2.05) is 53.4 Å². The number of piperidine rings is 1. The fourth-order valence-electron chi connectivity index (χ4n) is 5.35. The SMILES string of the molecule is CCOC(=O)NC(CCN1CCC2(CC1)CCN(Cc1ccc(OC)cc1)C2=O)c1ccccc1Cl. The number of amides is 2. The molecule has 0 aromatic heterocycles. The second-order valence-corrected chi connectivity index (χ2v) is 10.1. The van der Waals surface area contributed by atoms with E-state index in [2.05, 4.69) is 10.2 Å². The van der Waals surface area contributed by atoms with Gasteiger partial charge in [-0.05, 0) is 75.0 Å². The smallest absolute Gasteiger partial charge is 0.407 e. The van der Waals surface area contributed by atoms with Gasteiger partial charge in [0.05, 0.1) is 25.2 Å². The number of alkyl carbamates (subject to hydrolysis) is 1. The Bertz CT molecular complexity index is 1040. The Morgan fingerprint density at radius 2 is 1.78 bits per heavy atom. The van der Waals surface area contributed by atoms with Crippen molar-refractivity contribution in [1.29, 1.82) is 0 Å². The van der Waals surface area contributed by atoms with Gasteiger partial charge in [-0.15, -0.1) is 0 Å². The average Bonchev–Trinajstić information content (AvgIpc) is 3.18. The van der Waals surface area contributed by atoms with Gasteiger partial charge in [0.1, 0.15) is 5.75 Å². The van der Waals surface area contributed by atoms with Crippen molar-refractivity contribution in [2.24, 2.45) is 5.41 Å². The van der Waals surface area contributed by atoms with E-state index in [1.165, 1.54) is 0 Å². The topological polar surface area (TPSA) is 71.1 Å². The lowest BCUT2D eigenvalue weighted by molar-refractivity contribution is -0.138. The first-order valence-electron chi connectivity index (χ1n) is 12.8. The van der Waals surface area contributed by atoms with Crippen LogP contribution in [0.3, 0.4) is 0 Å². The molecule has 2 aromatic rings. The van der Waals surface area contributed by atoms with Crippen LogP contribution in [0, 0.1) is 5.41 Å². The first-order chi connectivity index (χ1) is 17.4. The van der Waals surface area contributed by atoms with Crippen LogP contribution in [0.5, 0.6) is 5.75 Å². The number of hydrogen-bond acceptors (Lipinski definition) is 5. The third kappa shape index (κ3) is 6.13. The van der Waals surface area contributed by atoms with Crippen LogP contribution in [0.2, 0.25) is 5.02 Å². The van der Waals surface area contributed by atoms with E-state index in [0.29, 0.717) is 24.6 Å². The molecule has 194 valence electrons. The van der Waals surface area contributed by atoms with Gasteiger partial charge in [-0.25, -0.2) is 4.79 Å². The molecule has 2 fully saturated rings. The van der Waals surface area contributed by atoms with E-state index in [4.69, 9.17) is 21.1 Å². The Kier molecular flexibility index (Phi) is 8.75. The lowest BCUT2D eigenvalue weighted by atomic mass is 9.77. The van der Waals surface area contributed by atoms with E-state index in [1.54, 1.807) is 14.0 Å². The van der Waals surface area contributed by atoms with Crippen molar-refractivity contribution in [3.8, 4) is 5.75 Å². The van der Waals surface area contributed by atoms with E-state index in [0.717, 1.165) is 62.3 Å². The van der Waals surface area contributed by atoms with Crippen molar-refractivity contribution >= 4 is 23.6 Å². The Morgan fingerprint density at radius 1 is 1.08 bits per heavy atom. The van der Waals surface area contributed by atoms with Gasteiger partial charge >= 0.3 is 6.09 Å². The maximum Gasteiger partial charge on any atom is 0.407 e. The molecule has 1 spiro atoms. The summed E-state index contributed by atoms with van der Waals surface area (Å²) in [5.74, 6) is 1.11. The Morgan fingerprint density at radius 3 is 2.44 bits per heavy atom. The summed E-state index contributed by atoms with van der Waals surface area (Å²) in [4.78, 5) is 29.9. The van der Waals surface area contributed by atoms with E-state index < -0.39 is 6.09 Å². The molecule has 2 aliphatic heterocycles. The van der Waals surface area contributed by atoms with Crippen molar-refractivity contribution < 1.29 is 19.1 Å². The standard InChI is InChI=1S/C28H36ClN3O4/c1-3-36-27(34)30-25(23-6-4-5-7-24(23)29)12-16-31-17-13-28(14-18-31)15-19-32(26(28)33)20-21-8-10-22(35-2)11-9-21/h4-11,25H,3,12-20H2,1-2H3,(H,30,34). The lowest BCUT2D eigenvalue weighted by Gasteiger charge is -2.38. The monoisotopic (exact) mass is 513 g/mol. The quantitative estimate of drug-likeness (QED) is 0.508. The van der Waals surface area contributed by atoms with Crippen LogP contribution in [0.15, 0.2) is 48.5 Å². The van der Waals surface area contributed by atoms with Crippen LogP contribution in [0.4, 0.5) is 4.79 Å². The Labute approximate surface area is 218 Å². The van der Waals surface area contributed by atoms with Crippen LogP contribution in [0.25, 0.3) is 0 Å². The lowest BCUT2D eigenvalue weighted by Crippen LogP contribution is -2.45.